The van der Waals surface area contributed by atoms with E-state index in [1.54, 1.807) is 9.58 Å². The van der Waals surface area contributed by atoms with Crippen LogP contribution in [0, 0.1) is 23.5 Å². The molecule has 3 aromatic rings. The minimum atomic E-state index is -0.737. The van der Waals surface area contributed by atoms with Gasteiger partial charge >= 0.3 is 0 Å². The van der Waals surface area contributed by atoms with Gasteiger partial charge in [0.2, 0.25) is 5.91 Å². The standard InChI is InChI=1S/C22H20F2N6O2/c1-2-19(31)29-7-3-5-16(12-29)30-22-20(21(25)26-13-27-22)18(28-30)6-4-8-32-17-10-14(23)9-15(24)11-17/h2,9-11,13,16H,1,3,5,7-8,12H2,(H2,25,26,27). The monoisotopic (exact) mass is 438 g/mol. The highest BCUT2D eigenvalue weighted by Gasteiger charge is 2.27. The second-order valence-electron chi connectivity index (χ2n) is 7.23. The summed E-state index contributed by atoms with van der Waals surface area (Å²) in [6, 6.07) is 2.79. The van der Waals surface area contributed by atoms with E-state index in [0.29, 0.717) is 29.8 Å². The SMILES string of the molecule is C=CC(=O)N1CCCC(n2nc(C#CCOc3cc(F)cc(F)c3)c3c(N)ncnc32)C1. The molecule has 4 rings (SSSR count). The molecule has 0 radical (unpaired) electrons. The summed E-state index contributed by atoms with van der Waals surface area (Å²) >= 11 is 0. The Balaban J connectivity index is 1.60. The molecule has 3 heterocycles. The van der Waals surface area contributed by atoms with Gasteiger partial charge in [0.05, 0.1) is 11.4 Å². The van der Waals surface area contributed by atoms with Crippen molar-refractivity contribution in [2.75, 3.05) is 25.4 Å². The number of hydrogen-bond acceptors (Lipinski definition) is 6. The number of ether oxygens (including phenoxy) is 1. The van der Waals surface area contributed by atoms with E-state index in [1.165, 1.54) is 12.4 Å². The number of anilines is 1. The first kappa shape index (κ1) is 21.2. The summed E-state index contributed by atoms with van der Waals surface area (Å²) in [5.74, 6) is 4.32. The fourth-order valence-electron chi connectivity index (χ4n) is 3.67. The van der Waals surface area contributed by atoms with E-state index in [0.717, 1.165) is 31.0 Å². The second-order valence-corrected chi connectivity index (χ2v) is 7.23. The van der Waals surface area contributed by atoms with Crippen molar-refractivity contribution in [3.8, 4) is 17.6 Å². The molecule has 0 bridgehead atoms. The van der Waals surface area contributed by atoms with E-state index in [2.05, 4.69) is 33.5 Å². The molecule has 8 nitrogen and oxygen atoms in total. The topological polar surface area (TPSA) is 99.2 Å². The van der Waals surface area contributed by atoms with Crippen molar-refractivity contribution in [2.24, 2.45) is 0 Å². The van der Waals surface area contributed by atoms with Gasteiger partial charge in [0, 0.05) is 31.3 Å². The fraction of sp³-hybridized carbons (Fsp3) is 0.273. The molecule has 1 fully saturated rings. The van der Waals surface area contributed by atoms with Crippen LogP contribution in [0.15, 0.2) is 37.2 Å². The number of carbonyl (C=O) groups is 1. The molecule has 1 aliphatic rings. The van der Waals surface area contributed by atoms with Crippen LogP contribution in [-0.4, -0.2) is 50.3 Å². The minimum absolute atomic E-state index is 0.0317. The van der Waals surface area contributed by atoms with Crippen LogP contribution in [0.5, 0.6) is 5.75 Å². The van der Waals surface area contributed by atoms with E-state index in [1.807, 2.05) is 0 Å². The van der Waals surface area contributed by atoms with Gasteiger partial charge in [0.1, 0.15) is 41.8 Å². The van der Waals surface area contributed by atoms with E-state index in [-0.39, 0.29) is 30.1 Å². The van der Waals surface area contributed by atoms with Crippen molar-refractivity contribution in [1.82, 2.24) is 24.6 Å². The highest BCUT2D eigenvalue weighted by molar-refractivity contribution is 5.90. The Kier molecular flexibility index (Phi) is 5.98. The number of fused-ring (bicyclic) bond motifs is 1. The molecule has 0 saturated carbocycles. The Hall–Kier alpha value is -4.00. The Bertz CT molecular complexity index is 1230. The van der Waals surface area contributed by atoms with Gasteiger partial charge in [-0.2, -0.15) is 5.10 Å². The lowest BCUT2D eigenvalue weighted by molar-refractivity contribution is -0.127. The van der Waals surface area contributed by atoms with Crippen molar-refractivity contribution in [2.45, 2.75) is 18.9 Å². The third-order valence-electron chi connectivity index (χ3n) is 5.10. The number of hydrogen-bond donors (Lipinski definition) is 1. The number of nitrogens with two attached hydrogens (primary N) is 1. The van der Waals surface area contributed by atoms with Crippen molar-refractivity contribution in [3.05, 3.63) is 54.5 Å². The maximum atomic E-state index is 13.3. The number of piperidine rings is 1. The lowest BCUT2D eigenvalue weighted by Gasteiger charge is -2.32. The van der Waals surface area contributed by atoms with Gasteiger partial charge < -0.3 is 15.4 Å². The Labute approximate surface area is 182 Å². The number of carbonyl (C=O) groups excluding carboxylic acids is 1. The number of aromatic nitrogens is 4. The van der Waals surface area contributed by atoms with Crippen molar-refractivity contribution in [3.63, 3.8) is 0 Å². The van der Waals surface area contributed by atoms with Gasteiger partial charge in [0.25, 0.3) is 0 Å². The summed E-state index contributed by atoms with van der Waals surface area (Å²) in [4.78, 5) is 22.1. The summed E-state index contributed by atoms with van der Waals surface area (Å²) in [6.07, 6.45) is 4.27. The molecule has 164 valence electrons. The third kappa shape index (κ3) is 4.37. The minimum Gasteiger partial charge on any atom is -0.481 e. The molecule has 2 aromatic heterocycles. The third-order valence-corrected chi connectivity index (χ3v) is 5.10. The summed E-state index contributed by atoms with van der Waals surface area (Å²) < 4.78 is 33.6. The van der Waals surface area contributed by atoms with Crippen LogP contribution < -0.4 is 10.5 Å². The van der Waals surface area contributed by atoms with Gasteiger partial charge in [-0.05, 0) is 24.8 Å². The van der Waals surface area contributed by atoms with Crippen LogP contribution in [0.25, 0.3) is 11.0 Å². The summed E-state index contributed by atoms with van der Waals surface area (Å²) in [5.41, 5.74) is 6.94. The number of halogens is 2. The number of amides is 1. The molecule has 0 aliphatic carbocycles. The lowest BCUT2D eigenvalue weighted by Crippen LogP contribution is -2.40. The lowest BCUT2D eigenvalue weighted by atomic mass is 10.1. The number of rotatable bonds is 4. The molecule has 1 aliphatic heterocycles. The molecule has 2 N–H and O–H groups in total. The number of likely N-dealkylation sites (tertiary alicyclic amines) is 1. The van der Waals surface area contributed by atoms with Gasteiger partial charge in [-0.1, -0.05) is 12.5 Å². The normalized spacial score (nSPS) is 15.8. The largest absolute Gasteiger partial charge is 0.481 e. The number of nitrogen functional groups attached to an aromatic ring is 1. The number of benzene rings is 1. The molecule has 1 unspecified atom stereocenters. The molecular weight excluding hydrogens is 418 g/mol. The fourth-order valence-corrected chi connectivity index (χ4v) is 3.67. The van der Waals surface area contributed by atoms with E-state index in [9.17, 15) is 13.6 Å². The summed E-state index contributed by atoms with van der Waals surface area (Å²) in [6.45, 7) is 4.55. The average Bonchev–Trinajstić information content (AvgIpc) is 3.15. The second kappa shape index (κ2) is 9.01. The first-order valence-corrected chi connectivity index (χ1v) is 9.94. The number of nitrogens with zero attached hydrogens (tertiary/aromatic N) is 5. The van der Waals surface area contributed by atoms with E-state index >= 15 is 0 Å². The Morgan fingerprint density at radius 2 is 2.09 bits per heavy atom. The van der Waals surface area contributed by atoms with Crippen LogP contribution in [0.2, 0.25) is 0 Å². The van der Waals surface area contributed by atoms with E-state index < -0.39 is 11.6 Å². The van der Waals surface area contributed by atoms with Crippen LogP contribution in [0.1, 0.15) is 24.6 Å². The molecule has 1 aromatic carbocycles. The van der Waals surface area contributed by atoms with Gasteiger partial charge in [0.15, 0.2) is 5.65 Å². The molecule has 1 atom stereocenters. The zero-order valence-electron chi connectivity index (χ0n) is 17.1. The molecule has 1 saturated heterocycles. The Morgan fingerprint density at radius 1 is 1.31 bits per heavy atom. The predicted molar refractivity (Wildman–Crippen MR) is 114 cm³/mol. The first-order chi connectivity index (χ1) is 15.5. The van der Waals surface area contributed by atoms with Gasteiger partial charge in [-0.25, -0.2) is 23.4 Å². The highest BCUT2D eigenvalue weighted by Crippen LogP contribution is 2.28. The van der Waals surface area contributed by atoms with Crippen LogP contribution in [0.4, 0.5) is 14.6 Å². The molecule has 0 spiro atoms. The smallest absolute Gasteiger partial charge is 0.246 e. The van der Waals surface area contributed by atoms with Crippen molar-refractivity contribution in [1.29, 1.82) is 0 Å². The molecule has 32 heavy (non-hydrogen) atoms. The van der Waals surface area contributed by atoms with Gasteiger partial charge in [-0.3, -0.25) is 4.79 Å². The van der Waals surface area contributed by atoms with Gasteiger partial charge in [-0.15, -0.1) is 0 Å². The predicted octanol–water partition coefficient (Wildman–Crippen LogP) is 2.47. The molecule has 1 amide bonds. The van der Waals surface area contributed by atoms with Crippen LogP contribution >= 0.6 is 0 Å². The van der Waals surface area contributed by atoms with Crippen molar-refractivity contribution >= 4 is 22.8 Å². The summed E-state index contributed by atoms with van der Waals surface area (Å²) in [7, 11) is 0. The highest BCUT2D eigenvalue weighted by atomic mass is 19.1. The Morgan fingerprint density at radius 3 is 2.84 bits per heavy atom. The van der Waals surface area contributed by atoms with E-state index in [4.69, 9.17) is 10.5 Å². The molecule has 10 heteroatoms. The maximum absolute atomic E-state index is 13.3. The zero-order chi connectivity index (χ0) is 22.7. The average molecular weight is 438 g/mol. The zero-order valence-corrected chi connectivity index (χ0v) is 17.1. The quantitative estimate of drug-likeness (QED) is 0.496. The van der Waals surface area contributed by atoms with Crippen LogP contribution in [0.3, 0.4) is 0 Å². The van der Waals surface area contributed by atoms with Crippen molar-refractivity contribution < 1.29 is 18.3 Å². The summed E-state index contributed by atoms with van der Waals surface area (Å²) in [5, 5.41) is 5.09. The molecular formula is C22H20F2N6O2. The first-order valence-electron chi connectivity index (χ1n) is 9.94. The van der Waals surface area contributed by atoms with Crippen LogP contribution in [-0.2, 0) is 4.79 Å². The maximum Gasteiger partial charge on any atom is 0.246 e.